The number of hydrazine groups is 1. The average molecular weight is 279 g/mol. The summed E-state index contributed by atoms with van der Waals surface area (Å²) in [5.41, 5.74) is 9.34. The van der Waals surface area contributed by atoms with E-state index in [-0.39, 0.29) is 10.9 Å². The third-order valence-electron chi connectivity index (χ3n) is 3.04. The highest BCUT2D eigenvalue weighted by molar-refractivity contribution is 7.80. The topological polar surface area (TPSA) is 74.5 Å². The minimum Gasteiger partial charge on any atom is -0.389 e. The molecule has 1 aliphatic heterocycles. The Morgan fingerprint density at radius 3 is 2.58 bits per heavy atom. The first-order chi connectivity index (χ1) is 9.06. The maximum Gasteiger partial charge on any atom is 0.284 e. The summed E-state index contributed by atoms with van der Waals surface area (Å²) < 4.78 is 0. The van der Waals surface area contributed by atoms with Crippen LogP contribution in [0.15, 0.2) is 18.3 Å². The number of nitrogens with zero attached hydrogens (tertiary/aromatic N) is 3. The van der Waals surface area contributed by atoms with Gasteiger partial charge in [0, 0.05) is 37.9 Å². The van der Waals surface area contributed by atoms with Gasteiger partial charge in [0.1, 0.15) is 10.7 Å². The van der Waals surface area contributed by atoms with Gasteiger partial charge in [-0.25, -0.2) is 5.01 Å². The first kappa shape index (κ1) is 13.9. The van der Waals surface area contributed by atoms with Gasteiger partial charge in [-0.2, -0.15) is 0 Å². The van der Waals surface area contributed by atoms with Crippen molar-refractivity contribution >= 4 is 23.1 Å². The smallest absolute Gasteiger partial charge is 0.284 e. The number of nitrogens with one attached hydrogen (secondary N) is 1. The van der Waals surface area contributed by atoms with Crippen molar-refractivity contribution in [3.63, 3.8) is 0 Å². The number of carbonyl (C=O) groups is 1. The van der Waals surface area contributed by atoms with E-state index in [0.717, 1.165) is 26.2 Å². The standard InChI is InChI=1S/C12H17N5OS/c1-16-4-6-17(7-5-16)15-12(18)10-3-2-9(8-14-10)11(13)19/h2-3,8H,4-7H2,1H3,(H2,13,19)(H,15,18). The maximum atomic E-state index is 12.0. The van der Waals surface area contributed by atoms with Gasteiger partial charge in [0.05, 0.1) is 0 Å². The van der Waals surface area contributed by atoms with Crippen LogP contribution in [-0.4, -0.2) is 59.0 Å². The molecule has 7 heteroatoms. The fourth-order valence-electron chi connectivity index (χ4n) is 1.79. The first-order valence-electron chi connectivity index (χ1n) is 6.06. The van der Waals surface area contributed by atoms with Crippen molar-refractivity contribution in [3.05, 3.63) is 29.6 Å². The van der Waals surface area contributed by atoms with Crippen LogP contribution in [0.4, 0.5) is 0 Å². The number of rotatable bonds is 3. The lowest BCUT2D eigenvalue weighted by molar-refractivity contribution is 0.0658. The quantitative estimate of drug-likeness (QED) is 0.734. The van der Waals surface area contributed by atoms with Crippen LogP contribution in [0.2, 0.25) is 0 Å². The van der Waals surface area contributed by atoms with Gasteiger partial charge in [-0.15, -0.1) is 0 Å². The zero-order valence-corrected chi connectivity index (χ0v) is 11.6. The molecule has 0 atom stereocenters. The lowest BCUT2D eigenvalue weighted by Gasteiger charge is -2.32. The molecule has 102 valence electrons. The molecule has 0 aliphatic carbocycles. The number of thiocarbonyl (C=S) groups is 1. The number of piperazine rings is 1. The van der Waals surface area contributed by atoms with Crippen molar-refractivity contribution in [1.82, 2.24) is 20.3 Å². The number of pyridine rings is 1. The van der Waals surface area contributed by atoms with Crippen LogP contribution in [0.25, 0.3) is 0 Å². The molecule has 1 amide bonds. The number of carbonyl (C=O) groups excluding carboxylic acids is 1. The van der Waals surface area contributed by atoms with E-state index in [4.69, 9.17) is 18.0 Å². The van der Waals surface area contributed by atoms with Crippen molar-refractivity contribution in [2.24, 2.45) is 5.73 Å². The molecule has 0 unspecified atom stereocenters. The van der Waals surface area contributed by atoms with Gasteiger partial charge < -0.3 is 10.6 Å². The summed E-state index contributed by atoms with van der Waals surface area (Å²) in [4.78, 5) is 18.5. The highest BCUT2D eigenvalue weighted by atomic mass is 32.1. The van der Waals surface area contributed by atoms with Crippen molar-refractivity contribution in [3.8, 4) is 0 Å². The molecule has 0 saturated carbocycles. The fourth-order valence-corrected chi connectivity index (χ4v) is 1.91. The molecule has 6 nitrogen and oxygen atoms in total. The van der Waals surface area contributed by atoms with Gasteiger partial charge in [0.25, 0.3) is 5.91 Å². The van der Waals surface area contributed by atoms with Crippen LogP contribution in [0, 0.1) is 0 Å². The second-order valence-corrected chi connectivity index (χ2v) is 4.97. The van der Waals surface area contributed by atoms with E-state index < -0.39 is 0 Å². The zero-order chi connectivity index (χ0) is 13.8. The van der Waals surface area contributed by atoms with Crippen molar-refractivity contribution < 1.29 is 4.79 Å². The number of hydrogen-bond donors (Lipinski definition) is 2. The van der Waals surface area contributed by atoms with E-state index in [1.54, 1.807) is 12.1 Å². The minimum absolute atomic E-state index is 0.209. The molecule has 19 heavy (non-hydrogen) atoms. The Kier molecular flexibility index (Phi) is 4.41. The van der Waals surface area contributed by atoms with Crippen LogP contribution < -0.4 is 11.2 Å². The Morgan fingerprint density at radius 2 is 2.05 bits per heavy atom. The number of aromatic nitrogens is 1. The highest BCUT2D eigenvalue weighted by Crippen LogP contribution is 2.02. The van der Waals surface area contributed by atoms with Crippen LogP contribution in [0.1, 0.15) is 16.1 Å². The van der Waals surface area contributed by atoms with Gasteiger partial charge in [-0.05, 0) is 19.2 Å². The normalized spacial score (nSPS) is 17.1. The second kappa shape index (κ2) is 6.05. The molecule has 3 N–H and O–H groups in total. The third-order valence-corrected chi connectivity index (χ3v) is 3.28. The van der Waals surface area contributed by atoms with Crippen LogP contribution in [0.3, 0.4) is 0 Å². The van der Waals surface area contributed by atoms with Gasteiger partial charge in [0.15, 0.2) is 0 Å². The zero-order valence-electron chi connectivity index (χ0n) is 10.8. The molecule has 1 saturated heterocycles. The van der Waals surface area contributed by atoms with Crippen molar-refractivity contribution in [2.45, 2.75) is 0 Å². The number of likely N-dealkylation sites (N-methyl/N-ethyl adjacent to an activating group) is 1. The lowest BCUT2D eigenvalue weighted by atomic mass is 10.2. The molecule has 1 aromatic heterocycles. The average Bonchev–Trinajstić information content (AvgIpc) is 2.41. The van der Waals surface area contributed by atoms with Crippen molar-refractivity contribution in [1.29, 1.82) is 0 Å². The number of amides is 1. The summed E-state index contributed by atoms with van der Waals surface area (Å²) in [6.45, 7) is 3.50. The molecular weight excluding hydrogens is 262 g/mol. The van der Waals surface area contributed by atoms with Gasteiger partial charge in [0.2, 0.25) is 0 Å². The van der Waals surface area contributed by atoms with E-state index in [9.17, 15) is 4.79 Å². The Labute approximate surface area is 117 Å². The Balaban J connectivity index is 1.94. The SMILES string of the molecule is CN1CCN(NC(=O)c2ccc(C(N)=S)cn2)CC1. The predicted octanol–water partition coefficient (Wildman–Crippen LogP) is -0.392. The molecule has 0 radical (unpaired) electrons. The largest absolute Gasteiger partial charge is 0.389 e. The second-order valence-electron chi connectivity index (χ2n) is 4.53. The molecule has 0 spiro atoms. The molecular formula is C12H17N5OS. The Hall–Kier alpha value is -1.57. The summed E-state index contributed by atoms with van der Waals surface area (Å²) >= 11 is 4.84. The van der Waals surface area contributed by atoms with Crippen molar-refractivity contribution in [2.75, 3.05) is 33.2 Å². The van der Waals surface area contributed by atoms with Crippen LogP contribution in [-0.2, 0) is 0 Å². The summed E-state index contributed by atoms with van der Waals surface area (Å²) in [5, 5.41) is 1.91. The third kappa shape index (κ3) is 3.69. The minimum atomic E-state index is -0.209. The van der Waals surface area contributed by atoms with Gasteiger partial charge >= 0.3 is 0 Å². The van der Waals surface area contributed by atoms with E-state index in [1.807, 2.05) is 5.01 Å². The van der Waals surface area contributed by atoms with Crippen LogP contribution in [0.5, 0.6) is 0 Å². The summed E-state index contributed by atoms with van der Waals surface area (Å²) in [6, 6.07) is 3.33. The number of hydrogen-bond acceptors (Lipinski definition) is 5. The summed E-state index contributed by atoms with van der Waals surface area (Å²) in [6.07, 6.45) is 1.52. The molecule has 1 fully saturated rings. The van der Waals surface area contributed by atoms with Gasteiger partial charge in [-0.3, -0.25) is 15.2 Å². The van der Waals surface area contributed by atoms with Crippen LogP contribution >= 0.6 is 12.2 Å². The van der Waals surface area contributed by atoms with Gasteiger partial charge in [-0.1, -0.05) is 12.2 Å². The first-order valence-corrected chi connectivity index (χ1v) is 6.47. The van der Waals surface area contributed by atoms with E-state index in [1.165, 1.54) is 6.20 Å². The molecule has 0 bridgehead atoms. The van der Waals surface area contributed by atoms with E-state index in [0.29, 0.717) is 11.3 Å². The molecule has 0 aromatic carbocycles. The summed E-state index contributed by atoms with van der Waals surface area (Å²) in [7, 11) is 2.06. The number of nitrogens with two attached hydrogens (primary N) is 1. The summed E-state index contributed by atoms with van der Waals surface area (Å²) in [5.74, 6) is -0.209. The monoisotopic (exact) mass is 279 g/mol. The Morgan fingerprint density at radius 1 is 1.37 bits per heavy atom. The maximum absolute atomic E-state index is 12.0. The molecule has 1 aliphatic rings. The fraction of sp³-hybridized carbons (Fsp3) is 0.417. The highest BCUT2D eigenvalue weighted by Gasteiger charge is 2.17. The molecule has 2 rings (SSSR count). The molecule has 2 heterocycles. The predicted molar refractivity (Wildman–Crippen MR) is 76.7 cm³/mol. The lowest BCUT2D eigenvalue weighted by Crippen LogP contribution is -2.52. The molecule has 1 aromatic rings. The van der Waals surface area contributed by atoms with E-state index in [2.05, 4.69) is 22.4 Å². The Bertz CT molecular complexity index is 468. The van der Waals surface area contributed by atoms with E-state index >= 15 is 0 Å².